The molecular weight excluding hydrogens is 829 g/mol. The number of allylic oxidation sites excluding steroid dienone is 2. The minimum atomic E-state index is -1.90. The summed E-state index contributed by atoms with van der Waals surface area (Å²) in [5.74, 6) is -3.11. The summed E-state index contributed by atoms with van der Waals surface area (Å²) >= 11 is 0. The number of ether oxygens (including phenoxy) is 5. The average Bonchev–Trinajstić information content (AvgIpc) is 3.29. The molecule has 1 saturated heterocycles. The molecule has 0 spiro atoms. The van der Waals surface area contributed by atoms with Crippen molar-refractivity contribution in [2.75, 3.05) is 13.2 Å². The van der Waals surface area contributed by atoms with Gasteiger partial charge in [0.2, 0.25) is 0 Å². The Hall–Kier alpha value is -2.54. The van der Waals surface area contributed by atoms with E-state index in [1.165, 1.54) is 116 Å². The first-order valence-electron chi connectivity index (χ1n) is 26.7. The number of aliphatic hydroxyl groups excluding tert-OH is 2. The van der Waals surface area contributed by atoms with Gasteiger partial charge in [0.05, 0.1) is 6.61 Å². The Morgan fingerprint density at radius 2 is 0.877 bits per heavy atom. The summed E-state index contributed by atoms with van der Waals surface area (Å²) in [4.78, 5) is 50.7. The second kappa shape index (κ2) is 42.8. The van der Waals surface area contributed by atoms with Crippen LogP contribution in [-0.2, 0) is 42.9 Å². The maximum Gasteiger partial charge on any atom is 0.335 e. The number of hydrogen-bond donors (Lipinski definition) is 3. The molecule has 1 aliphatic heterocycles. The average molecular weight is 925 g/mol. The normalized spacial score (nSPS) is 19.1. The van der Waals surface area contributed by atoms with Crippen molar-refractivity contribution in [1.29, 1.82) is 0 Å². The van der Waals surface area contributed by atoms with Gasteiger partial charge >= 0.3 is 23.9 Å². The summed E-state index contributed by atoms with van der Waals surface area (Å²) in [6.07, 6.45) is 32.1. The zero-order valence-electron chi connectivity index (χ0n) is 41.5. The van der Waals surface area contributed by atoms with E-state index in [4.69, 9.17) is 23.7 Å². The van der Waals surface area contributed by atoms with Crippen molar-refractivity contribution in [1.82, 2.24) is 0 Å². The third kappa shape index (κ3) is 33.6. The fourth-order valence-corrected chi connectivity index (χ4v) is 8.19. The Labute approximate surface area is 395 Å². The van der Waals surface area contributed by atoms with Gasteiger partial charge in [-0.2, -0.15) is 0 Å². The van der Waals surface area contributed by atoms with Crippen LogP contribution in [0.5, 0.6) is 0 Å². The first-order valence-corrected chi connectivity index (χ1v) is 26.7. The number of aliphatic carboxylic acids is 1. The molecule has 0 aromatic rings. The number of carbonyl (C=O) groups excluding carboxylic acids is 3. The lowest BCUT2D eigenvalue weighted by Gasteiger charge is -2.40. The third-order valence-electron chi connectivity index (χ3n) is 12.3. The van der Waals surface area contributed by atoms with Crippen LogP contribution >= 0.6 is 0 Å². The van der Waals surface area contributed by atoms with Gasteiger partial charge in [0.25, 0.3) is 0 Å². The molecule has 1 fully saturated rings. The van der Waals surface area contributed by atoms with E-state index in [2.05, 4.69) is 32.9 Å². The van der Waals surface area contributed by atoms with Gasteiger partial charge in [-0.3, -0.25) is 14.4 Å². The SMILES string of the molecule is CCCCCCCC/C=C\CCCCCCCC(=O)OC1C(OCC(COC(=O)CCCCCCCCCCCCC)OC(=O)CCCCCCCCCCC)OC(C(=O)O)C(O)C1O. The van der Waals surface area contributed by atoms with Crippen LogP contribution in [0.15, 0.2) is 12.2 Å². The summed E-state index contributed by atoms with van der Waals surface area (Å²) in [5, 5.41) is 31.3. The smallest absolute Gasteiger partial charge is 0.335 e. The molecule has 0 amide bonds. The highest BCUT2D eigenvalue weighted by molar-refractivity contribution is 5.74. The minimum Gasteiger partial charge on any atom is -0.479 e. The number of carboxylic acids is 1. The van der Waals surface area contributed by atoms with E-state index in [9.17, 15) is 34.5 Å². The van der Waals surface area contributed by atoms with Gasteiger partial charge < -0.3 is 39.0 Å². The monoisotopic (exact) mass is 925 g/mol. The maximum absolute atomic E-state index is 13.0. The van der Waals surface area contributed by atoms with Crippen molar-refractivity contribution in [3.63, 3.8) is 0 Å². The molecule has 0 bridgehead atoms. The van der Waals surface area contributed by atoms with E-state index in [1.54, 1.807) is 0 Å². The number of carboxylic acid groups (broad SMARTS) is 1. The molecule has 0 radical (unpaired) electrons. The van der Waals surface area contributed by atoms with Crippen LogP contribution in [0.3, 0.4) is 0 Å². The highest BCUT2D eigenvalue weighted by Gasteiger charge is 2.50. The van der Waals surface area contributed by atoms with Crippen LogP contribution in [-0.4, -0.2) is 89.2 Å². The second-order valence-electron chi connectivity index (χ2n) is 18.5. The van der Waals surface area contributed by atoms with E-state index >= 15 is 0 Å². The lowest BCUT2D eigenvalue weighted by Crippen LogP contribution is -2.61. The van der Waals surface area contributed by atoms with Crippen molar-refractivity contribution in [2.45, 2.75) is 289 Å². The number of carbonyl (C=O) groups is 4. The third-order valence-corrected chi connectivity index (χ3v) is 12.3. The molecule has 0 aromatic carbocycles. The molecule has 3 N–H and O–H groups in total. The van der Waals surface area contributed by atoms with E-state index in [0.717, 1.165) is 77.0 Å². The van der Waals surface area contributed by atoms with Crippen molar-refractivity contribution in [3.05, 3.63) is 12.2 Å². The predicted molar refractivity (Wildman–Crippen MR) is 257 cm³/mol. The molecular formula is C53H96O12. The largest absolute Gasteiger partial charge is 0.479 e. The fraction of sp³-hybridized carbons (Fsp3) is 0.887. The Kier molecular flexibility index (Phi) is 39.8. The Morgan fingerprint density at radius 1 is 0.492 bits per heavy atom. The quantitative estimate of drug-likeness (QED) is 0.0228. The molecule has 12 nitrogen and oxygen atoms in total. The maximum atomic E-state index is 13.0. The molecule has 6 atom stereocenters. The molecule has 1 aliphatic rings. The van der Waals surface area contributed by atoms with Gasteiger partial charge in [-0.1, -0.05) is 200 Å². The number of hydrogen-bond acceptors (Lipinski definition) is 11. The van der Waals surface area contributed by atoms with Gasteiger partial charge in [0.1, 0.15) is 18.8 Å². The lowest BCUT2D eigenvalue weighted by atomic mass is 9.98. The number of unbranched alkanes of at least 4 members (excludes halogenated alkanes) is 29. The van der Waals surface area contributed by atoms with Crippen LogP contribution in [0, 0.1) is 0 Å². The van der Waals surface area contributed by atoms with E-state index in [0.29, 0.717) is 19.3 Å². The fourth-order valence-electron chi connectivity index (χ4n) is 8.19. The molecule has 0 aromatic heterocycles. The lowest BCUT2D eigenvalue weighted by molar-refractivity contribution is -0.301. The van der Waals surface area contributed by atoms with Crippen LogP contribution in [0.2, 0.25) is 0 Å². The number of aliphatic hydroxyl groups is 2. The molecule has 0 saturated carbocycles. The number of esters is 3. The van der Waals surface area contributed by atoms with Gasteiger partial charge in [0.15, 0.2) is 24.6 Å². The molecule has 12 heteroatoms. The Bertz CT molecular complexity index is 1190. The molecule has 1 heterocycles. The zero-order chi connectivity index (χ0) is 47.6. The predicted octanol–water partition coefficient (Wildman–Crippen LogP) is 12.6. The van der Waals surface area contributed by atoms with Gasteiger partial charge in [-0.25, -0.2) is 4.79 Å². The topological polar surface area (TPSA) is 175 Å². The van der Waals surface area contributed by atoms with Gasteiger partial charge in [-0.15, -0.1) is 0 Å². The molecule has 6 unspecified atom stereocenters. The molecule has 380 valence electrons. The van der Waals surface area contributed by atoms with Crippen molar-refractivity contribution in [2.24, 2.45) is 0 Å². The highest BCUT2D eigenvalue weighted by Crippen LogP contribution is 2.26. The van der Waals surface area contributed by atoms with E-state index < -0.39 is 67.3 Å². The first-order chi connectivity index (χ1) is 31.6. The van der Waals surface area contributed by atoms with Crippen molar-refractivity contribution in [3.8, 4) is 0 Å². The van der Waals surface area contributed by atoms with Gasteiger partial charge in [-0.05, 0) is 44.9 Å². The van der Waals surface area contributed by atoms with Crippen LogP contribution in [0.1, 0.15) is 252 Å². The molecule has 65 heavy (non-hydrogen) atoms. The van der Waals surface area contributed by atoms with Crippen LogP contribution < -0.4 is 0 Å². The van der Waals surface area contributed by atoms with Crippen molar-refractivity contribution >= 4 is 23.9 Å². The van der Waals surface area contributed by atoms with Gasteiger partial charge in [0, 0.05) is 19.3 Å². The second-order valence-corrected chi connectivity index (χ2v) is 18.5. The van der Waals surface area contributed by atoms with E-state index in [-0.39, 0.29) is 25.9 Å². The van der Waals surface area contributed by atoms with E-state index in [1.807, 2.05) is 0 Å². The van der Waals surface area contributed by atoms with Crippen LogP contribution in [0.4, 0.5) is 0 Å². The van der Waals surface area contributed by atoms with Crippen LogP contribution in [0.25, 0.3) is 0 Å². The zero-order valence-corrected chi connectivity index (χ0v) is 41.5. The standard InChI is InChI=1S/C53H96O12/c1-4-7-10-13-16-19-21-22-23-24-26-29-32-35-38-41-47(56)64-51-49(58)48(57)50(52(59)60)65-53(51)62-43-44(63-46(55)40-37-34-31-27-18-15-12-9-6-3)42-61-45(54)39-36-33-30-28-25-20-17-14-11-8-5-2/h22-23,44,48-51,53,57-58H,4-21,24-43H2,1-3H3,(H,59,60)/b23-22-. The molecule has 0 aliphatic carbocycles. The van der Waals surface area contributed by atoms with Crippen molar-refractivity contribution < 1.29 is 58.2 Å². The highest BCUT2D eigenvalue weighted by atomic mass is 16.7. The summed E-state index contributed by atoms with van der Waals surface area (Å²) < 4.78 is 28.3. The molecule has 1 rings (SSSR count). The summed E-state index contributed by atoms with van der Waals surface area (Å²) in [7, 11) is 0. The minimum absolute atomic E-state index is 0.0563. The first kappa shape index (κ1) is 60.5. The Morgan fingerprint density at radius 3 is 1.31 bits per heavy atom. The summed E-state index contributed by atoms with van der Waals surface area (Å²) in [6.45, 7) is 5.94. The summed E-state index contributed by atoms with van der Waals surface area (Å²) in [5.41, 5.74) is 0. The Balaban J connectivity index is 2.70. The number of rotatable bonds is 45. The summed E-state index contributed by atoms with van der Waals surface area (Å²) in [6, 6.07) is 0.